The molecule has 0 aliphatic heterocycles. The van der Waals surface area contributed by atoms with Crippen LogP contribution in [0.5, 0.6) is 0 Å². The summed E-state index contributed by atoms with van der Waals surface area (Å²) < 4.78 is 22.4. The van der Waals surface area contributed by atoms with Crippen LogP contribution in [0, 0.1) is 0 Å². The van der Waals surface area contributed by atoms with Crippen LogP contribution in [0.15, 0.2) is 53.4 Å². The number of nitrogens with two attached hydrogens (primary N) is 1. The third-order valence-electron chi connectivity index (χ3n) is 3.79. The Kier molecular flexibility index (Phi) is 6.17. The molecule has 0 unspecified atom stereocenters. The van der Waals surface area contributed by atoms with E-state index < -0.39 is 10.0 Å². The predicted octanol–water partition coefficient (Wildman–Crippen LogP) is 2.82. The van der Waals surface area contributed by atoms with Crippen LogP contribution >= 0.6 is 0 Å². The Morgan fingerprint density at radius 3 is 2.16 bits per heavy atom. The van der Waals surface area contributed by atoms with Gasteiger partial charge >= 0.3 is 6.03 Å². The lowest BCUT2D eigenvalue weighted by Gasteiger charge is -2.10. The maximum Gasteiger partial charge on any atom is 0.319 e. The molecule has 4 N–H and O–H groups in total. The van der Waals surface area contributed by atoms with Crippen LogP contribution in [0.3, 0.4) is 0 Å². The fraction of sp³-hybridized carbons (Fsp3) is 0.278. The maximum atomic E-state index is 11.9. The summed E-state index contributed by atoms with van der Waals surface area (Å²) in [7, 11) is -3.68. The number of nitrogens with one attached hydrogen (secondary N) is 2. The fourth-order valence-corrected chi connectivity index (χ4v) is 2.81. The van der Waals surface area contributed by atoms with Crippen molar-refractivity contribution in [3.8, 4) is 0 Å². The lowest BCUT2D eigenvalue weighted by molar-refractivity contribution is 0.252. The van der Waals surface area contributed by atoms with Crippen molar-refractivity contribution in [1.29, 1.82) is 0 Å². The van der Waals surface area contributed by atoms with Crippen molar-refractivity contribution in [2.45, 2.75) is 31.1 Å². The zero-order chi connectivity index (χ0) is 18.4. The molecule has 0 saturated heterocycles. The molecule has 0 radical (unpaired) electrons. The van der Waals surface area contributed by atoms with Gasteiger partial charge in [0.15, 0.2) is 0 Å². The van der Waals surface area contributed by atoms with Gasteiger partial charge in [-0.15, -0.1) is 0 Å². The first kappa shape index (κ1) is 19.0. The van der Waals surface area contributed by atoms with E-state index in [4.69, 9.17) is 5.14 Å². The van der Waals surface area contributed by atoms with Crippen LogP contribution in [-0.2, 0) is 16.4 Å². The summed E-state index contributed by atoms with van der Waals surface area (Å²) in [4.78, 5) is 12.0. The SMILES string of the molecule is CC(C)c1ccc(NC(=O)NCCc2ccc(S(N)(=O)=O)cc2)cc1. The number of hydrogen-bond acceptors (Lipinski definition) is 3. The van der Waals surface area contributed by atoms with Crippen molar-refractivity contribution in [1.82, 2.24) is 5.32 Å². The number of benzene rings is 2. The van der Waals surface area contributed by atoms with Gasteiger partial charge < -0.3 is 10.6 Å². The predicted molar refractivity (Wildman–Crippen MR) is 99.1 cm³/mol. The summed E-state index contributed by atoms with van der Waals surface area (Å²) in [5.74, 6) is 0.448. The number of sulfonamides is 1. The van der Waals surface area contributed by atoms with Crippen molar-refractivity contribution in [2.75, 3.05) is 11.9 Å². The Morgan fingerprint density at radius 1 is 1.04 bits per heavy atom. The minimum absolute atomic E-state index is 0.0757. The van der Waals surface area contributed by atoms with Crippen LogP contribution in [-0.4, -0.2) is 21.0 Å². The normalized spacial score (nSPS) is 11.4. The van der Waals surface area contributed by atoms with Crippen LogP contribution in [0.1, 0.15) is 30.9 Å². The van der Waals surface area contributed by atoms with Crippen LogP contribution in [0.4, 0.5) is 10.5 Å². The van der Waals surface area contributed by atoms with Crippen molar-refractivity contribution >= 4 is 21.7 Å². The first-order chi connectivity index (χ1) is 11.8. The van der Waals surface area contributed by atoms with E-state index in [2.05, 4.69) is 24.5 Å². The second-order valence-electron chi connectivity index (χ2n) is 6.10. The summed E-state index contributed by atoms with van der Waals surface area (Å²) >= 11 is 0. The summed E-state index contributed by atoms with van der Waals surface area (Å²) in [6.07, 6.45) is 0.588. The first-order valence-electron chi connectivity index (χ1n) is 8.02. The molecule has 0 spiro atoms. The summed E-state index contributed by atoms with van der Waals surface area (Å²) in [5, 5.41) is 10.6. The van der Waals surface area contributed by atoms with Gasteiger partial charge in [0, 0.05) is 12.2 Å². The molecule has 2 amide bonds. The largest absolute Gasteiger partial charge is 0.338 e. The van der Waals surface area contributed by atoms with Gasteiger partial charge in [-0.25, -0.2) is 18.4 Å². The van der Waals surface area contributed by atoms with Gasteiger partial charge in [-0.3, -0.25) is 0 Å². The van der Waals surface area contributed by atoms with E-state index in [0.717, 1.165) is 11.3 Å². The number of carbonyl (C=O) groups excluding carboxylic acids is 1. The number of rotatable bonds is 6. The van der Waals surface area contributed by atoms with E-state index in [-0.39, 0.29) is 10.9 Å². The van der Waals surface area contributed by atoms with Crippen molar-refractivity contribution in [2.24, 2.45) is 5.14 Å². The highest BCUT2D eigenvalue weighted by Crippen LogP contribution is 2.17. The van der Waals surface area contributed by atoms with Gasteiger partial charge in [-0.05, 0) is 47.7 Å². The Labute approximate surface area is 148 Å². The number of hydrogen-bond donors (Lipinski definition) is 3. The number of carbonyl (C=O) groups is 1. The molecule has 0 heterocycles. The molecule has 134 valence electrons. The molecule has 6 nitrogen and oxygen atoms in total. The highest BCUT2D eigenvalue weighted by molar-refractivity contribution is 7.89. The topological polar surface area (TPSA) is 101 Å². The Hall–Kier alpha value is -2.38. The van der Waals surface area contributed by atoms with Gasteiger partial charge in [0.2, 0.25) is 10.0 Å². The minimum atomic E-state index is -3.68. The molecular formula is C18H23N3O3S. The lowest BCUT2D eigenvalue weighted by atomic mass is 10.0. The number of urea groups is 1. The molecule has 0 bridgehead atoms. The molecule has 0 aliphatic rings. The van der Waals surface area contributed by atoms with Crippen molar-refractivity contribution in [3.05, 3.63) is 59.7 Å². The Bertz CT molecular complexity index is 814. The van der Waals surface area contributed by atoms with E-state index in [1.807, 2.05) is 24.3 Å². The smallest absolute Gasteiger partial charge is 0.319 e. The average Bonchev–Trinajstić information content (AvgIpc) is 2.55. The maximum absolute atomic E-state index is 11.9. The molecule has 0 atom stereocenters. The second kappa shape index (κ2) is 8.13. The van der Waals surface area contributed by atoms with Crippen molar-refractivity contribution < 1.29 is 13.2 Å². The molecule has 0 fully saturated rings. The van der Waals surface area contributed by atoms with Gasteiger partial charge in [-0.1, -0.05) is 38.1 Å². The van der Waals surface area contributed by atoms with E-state index in [1.54, 1.807) is 12.1 Å². The monoisotopic (exact) mass is 361 g/mol. The van der Waals surface area contributed by atoms with E-state index in [9.17, 15) is 13.2 Å². The molecule has 2 aromatic carbocycles. The van der Waals surface area contributed by atoms with Crippen LogP contribution in [0.2, 0.25) is 0 Å². The zero-order valence-corrected chi connectivity index (χ0v) is 15.1. The third-order valence-corrected chi connectivity index (χ3v) is 4.72. The molecule has 0 aromatic heterocycles. The third kappa shape index (κ3) is 5.88. The zero-order valence-electron chi connectivity index (χ0n) is 14.3. The molecule has 7 heteroatoms. The lowest BCUT2D eigenvalue weighted by Crippen LogP contribution is -2.30. The molecule has 2 rings (SSSR count). The van der Waals surface area contributed by atoms with Gasteiger partial charge in [-0.2, -0.15) is 0 Å². The van der Waals surface area contributed by atoms with Crippen molar-refractivity contribution in [3.63, 3.8) is 0 Å². The molecule has 0 saturated carbocycles. The van der Waals surface area contributed by atoms with Crippen LogP contribution in [0.25, 0.3) is 0 Å². The van der Waals surface area contributed by atoms with E-state index >= 15 is 0 Å². The highest BCUT2D eigenvalue weighted by atomic mass is 32.2. The molecule has 0 aliphatic carbocycles. The molecular weight excluding hydrogens is 338 g/mol. The summed E-state index contributed by atoms with van der Waals surface area (Å²) in [6.45, 7) is 4.67. The fourth-order valence-electron chi connectivity index (χ4n) is 2.29. The number of amides is 2. The second-order valence-corrected chi connectivity index (χ2v) is 7.66. The Balaban J connectivity index is 1.80. The quantitative estimate of drug-likeness (QED) is 0.737. The van der Waals surface area contributed by atoms with Crippen LogP contribution < -0.4 is 15.8 Å². The Morgan fingerprint density at radius 2 is 1.64 bits per heavy atom. The summed E-state index contributed by atoms with van der Waals surface area (Å²) in [6, 6.07) is 13.7. The number of anilines is 1. The van der Waals surface area contributed by atoms with Gasteiger partial charge in [0.25, 0.3) is 0 Å². The van der Waals surface area contributed by atoms with Gasteiger partial charge in [0.05, 0.1) is 4.90 Å². The van der Waals surface area contributed by atoms with Gasteiger partial charge in [0.1, 0.15) is 0 Å². The van der Waals surface area contributed by atoms with E-state index in [0.29, 0.717) is 18.9 Å². The van der Waals surface area contributed by atoms with E-state index in [1.165, 1.54) is 17.7 Å². The molecule has 25 heavy (non-hydrogen) atoms. The summed E-state index contributed by atoms with van der Waals surface area (Å²) in [5.41, 5.74) is 2.86. The minimum Gasteiger partial charge on any atom is -0.338 e. The average molecular weight is 361 g/mol. The number of primary sulfonamides is 1. The highest BCUT2D eigenvalue weighted by Gasteiger charge is 2.07. The first-order valence-corrected chi connectivity index (χ1v) is 9.57. The molecule has 2 aromatic rings. The standard InChI is InChI=1S/C18H23N3O3S/c1-13(2)15-5-7-16(8-6-15)21-18(22)20-12-11-14-3-9-17(10-4-14)25(19,23)24/h3-10,13H,11-12H2,1-2H3,(H2,19,23,24)(H2,20,21,22).